The third-order valence-corrected chi connectivity index (χ3v) is 5.73. The van der Waals surface area contributed by atoms with Crippen LogP contribution in [0.4, 0.5) is 11.4 Å². The number of halogens is 1. The summed E-state index contributed by atoms with van der Waals surface area (Å²) >= 11 is 6.00. The summed E-state index contributed by atoms with van der Waals surface area (Å²) in [6.07, 6.45) is 1.30. The minimum Gasteiger partial charge on any atom is -0.465 e. The Kier molecular flexibility index (Phi) is 7.26. The fourth-order valence-electron chi connectivity index (χ4n) is 2.92. The van der Waals surface area contributed by atoms with Crippen molar-refractivity contribution in [2.24, 2.45) is 0 Å². The Bertz CT molecular complexity index is 1020. The van der Waals surface area contributed by atoms with E-state index in [1.54, 1.807) is 25.1 Å². The zero-order chi connectivity index (χ0) is 21.8. The number of carbonyl (C=O) groups is 2. The second-order valence-electron chi connectivity index (χ2n) is 6.50. The lowest BCUT2D eigenvalue weighted by atomic mass is 10.1. The molecule has 9 heteroatoms. The lowest BCUT2D eigenvalue weighted by Crippen LogP contribution is -2.47. The number of rotatable bonds is 7. The van der Waals surface area contributed by atoms with E-state index in [0.29, 0.717) is 11.4 Å². The van der Waals surface area contributed by atoms with Crippen molar-refractivity contribution in [2.75, 3.05) is 23.0 Å². The highest BCUT2D eigenvalue weighted by Crippen LogP contribution is 2.25. The number of anilines is 2. The molecule has 0 aliphatic carbocycles. The highest BCUT2D eigenvalue weighted by molar-refractivity contribution is 7.92. The highest BCUT2D eigenvalue weighted by Gasteiger charge is 2.31. The minimum atomic E-state index is -3.74. The van der Waals surface area contributed by atoms with Crippen molar-refractivity contribution >= 4 is 44.9 Å². The molecule has 0 bridgehead atoms. The molecule has 0 aromatic heterocycles. The van der Waals surface area contributed by atoms with Crippen LogP contribution in [-0.2, 0) is 19.6 Å². The SMILES string of the molecule is CCC(C(=O)Nc1ccc(Cl)c(C(=O)OC)c1)N(c1cccc(C)c1)S(C)(=O)=O. The Labute approximate surface area is 175 Å². The Morgan fingerprint density at radius 1 is 1.21 bits per heavy atom. The highest BCUT2D eigenvalue weighted by atomic mass is 35.5. The lowest BCUT2D eigenvalue weighted by molar-refractivity contribution is -0.117. The van der Waals surface area contributed by atoms with Crippen LogP contribution in [-0.4, -0.2) is 39.7 Å². The normalized spacial score (nSPS) is 12.2. The number of methoxy groups -OCH3 is 1. The zero-order valence-corrected chi connectivity index (χ0v) is 18.2. The van der Waals surface area contributed by atoms with Gasteiger partial charge in [-0.05, 0) is 49.2 Å². The Balaban J connectivity index is 2.39. The molecule has 2 rings (SSSR count). The van der Waals surface area contributed by atoms with Crippen LogP contribution in [0.3, 0.4) is 0 Å². The molecule has 2 aromatic rings. The van der Waals surface area contributed by atoms with Crippen LogP contribution in [0.2, 0.25) is 5.02 Å². The molecule has 0 radical (unpaired) electrons. The molecule has 0 heterocycles. The van der Waals surface area contributed by atoms with Gasteiger partial charge in [-0.15, -0.1) is 0 Å². The summed E-state index contributed by atoms with van der Waals surface area (Å²) in [5.41, 5.74) is 1.67. The van der Waals surface area contributed by atoms with Gasteiger partial charge in [0.05, 0.1) is 29.6 Å². The van der Waals surface area contributed by atoms with Crippen molar-refractivity contribution < 1.29 is 22.7 Å². The largest absolute Gasteiger partial charge is 0.465 e. The average Bonchev–Trinajstić information content (AvgIpc) is 2.65. The molecule has 0 fully saturated rings. The molecule has 0 saturated carbocycles. The predicted octanol–water partition coefficient (Wildman–Crippen LogP) is 3.62. The Morgan fingerprint density at radius 3 is 2.45 bits per heavy atom. The van der Waals surface area contributed by atoms with Crippen molar-refractivity contribution in [2.45, 2.75) is 26.3 Å². The van der Waals surface area contributed by atoms with Crippen LogP contribution in [0.1, 0.15) is 29.3 Å². The van der Waals surface area contributed by atoms with E-state index in [2.05, 4.69) is 10.1 Å². The maximum absolute atomic E-state index is 13.0. The van der Waals surface area contributed by atoms with Gasteiger partial charge in [0, 0.05) is 5.69 Å². The number of aryl methyl sites for hydroxylation is 1. The Morgan fingerprint density at radius 2 is 1.90 bits per heavy atom. The van der Waals surface area contributed by atoms with E-state index in [4.69, 9.17) is 11.6 Å². The maximum atomic E-state index is 13.0. The van der Waals surface area contributed by atoms with Crippen LogP contribution < -0.4 is 9.62 Å². The molecule has 0 aliphatic heterocycles. The van der Waals surface area contributed by atoms with Crippen molar-refractivity contribution in [3.8, 4) is 0 Å². The summed E-state index contributed by atoms with van der Waals surface area (Å²) in [6, 6.07) is 10.3. The number of nitrogens with one attached hydrogen (secondary N) is 1. The first-order chi connectivity index (χ1) is 13.6. The van der Waals surface area contributed by atoms with Gasteiger partial charge in [-0.2, -0.15) is 0 Å². The third-order valence-electron chi connectivity index (χ3n) is 4.23. The number of esters is 1. The molecule has 1 unspecified atom stereocenters. The molecule has 29 heavy (non-hydrogen) atoms. The van der Waals surface area contributed by atoms with E-state index >= 15 is 0 Å². The minimum absolute atomic E-state index is 0.0960. The summed E-state index contributed by atoms with van der Waals surface area (Å²) in [6.45, 7) is 3.56. The van der Waals surface area contributed by atoms with Crippen LogP contribution in [0.25, 0.3) is 0 Å². The van der Waals surface area contributed by atoms with Crippen molar-refractivity contribution in [1.82, 2.24) is 0 Å². The number of sulfonamides is 1. The molecular weight excluding hydrogens is 416 g/mol. The van der Waals surface area contributed by atoms with Gasteiger partial charge in [0.15, 0.2) is 0 Å². The van der Waals surface area contributed by atoms with Gasteiger partial charge >= 0.3 is 5.97 Å². The fraction of sp³-hybridized carbons (Fsp3) is 0.300. The van der Waals surface area contributed by atoms with E-state index in [9.17, 15) is 18.0 Å². The lowest BCUT2D eigenvalue weighted by Gasteiger charge is -2.30. The third kappa shape index (κ3) is 5.48. The number of hydrogen-bond donors (Lipinski definition) is 1. The molecule has 1 N–H and O–H groups in total. The summed E-state index contributed by atoms with van der Waals surface area (Å²) in [5, 5.41) is 2.85. The molecule has 1 amide bonds. The van der Waals surface area contributed by atoms with Gasteiger partial charge in [-0.1, -0.05) is 30.7 Å². The van der Waals surface area contributed by atoms with E-state index in [1.165, 1.54) is 25.3 Å². The summed E-state index contributed by atoms with van der Waals surface area (Å²) in [4.78, 5) is 24.8. The van der Waals surface area contributed by atoms with Crippen LogP contribution >= 0.6 is 11.6 Å². The van der Waals surface area contributed by atoms with E-state index in [-0.39, 0.29) is 17.0 Å². The first-order valence-corrected chi connectivity index (χ1v) is 11.1. The second kappa shape index (κ2) is 9.28. The van der Waals surface area contributed by atoms with Gasteiger partial charge in [-0.25, -0.2) is 13.2 Å². The molecule has 1 atom stereocenters. The topological polar surface area (TPSA) is 92.8 Å². The first kappa shape index (κ1) is 22.7. The number of carbonyl (C=O) groups excluding carboxylic acids is 2. The quantitative estimate of drug-likeness (QED) is 0.666. The molecule has 0 aliphatic rings. The molecule has 2 aromatic carbocycles. The fourth-order valence-corrected chi connectivity index (χ4v) is 4.32. The summed E-state index contributed by atoms with van der Waals surface area (Å²) in [5.74, 6) is -1.17. The smallest absolute Gasteiger partial charge is 0.339 e. The van der Waals surface area contributed by atoms with E-state index in [0.717, 1.165) is 16.1 Å². The number of hydrogen-bond acceptors (Lipinski definition) is 5. The molecule has 0 spiro atoms. The van der Waals surface area contributed by atoms with Gasteiger partial charge < -0.3 is 10.1 Å². The summed E-state index contributed by atoms with van der Waals surface area (Å²) < 4.78 is 30.8. The Hall–Kier alpha value is -2.58. The van der Waals surface area contributed by atoms with Crippen LogP contribution in [0, 0.1) is 6.92 Å². The van der Waals surface area contributed by atoms with E-state index < -0.39 is 27.9 Å². The number of amides is 1. The summed E-state index contributed by atoms with van der Waals surface area (Å²) in [7, 11) is -2.51. The first-order valence-electron chi connectivity index (χ1n) is 8.83. The van der Waals surface area contributed by atoms with Crippen molar-refractivity contribution in [3.63, 3.8) is 0 Å². The van der Waals surface area contributed by atoms with Crippen LogP contribution in [0.5, 0.6) is 0 Å². The number of nitrogens with zero attached hydrogens (tertiary/aromatic N) is 1. The number of ether oxygens (including phenoxy) is 1. The van der Waals surface area contributed by atoms with Crippen molar-refractivity contribution in [1.29, 1.82) is 0 Å². The van der Waals surface area contributed by atoms with E-state index in [1.807, 2.05) is 13.0 Å². The molecule has 0 saturated heterocycles. The monoisotopic (exact) mass is 438 g/mol. The van der Waals surface area contributed by atoms with Gasteiger partial charge in [-0.3, -0.25) is 9.10 Å². The predicted molar refractivity (Wildman–Crippen MR) is 114 cm³/mol. The van der Waals surface area contributed by atoms with Crippen LogP contribution in [0.15, 0.2) is 42.5 Å². The maximum Gasteiger partial charge on any atom is 0.339 e. The average molecular weight is 439 g/mol. The number of benzene rings is 2. The van der Waals surface area contributed by atoms with Crippen molar-refractivity contribution in [3.05, 3.63) is 58.6 Å². The van der Waals surface area contributed by atoms with Gasteiger partial charge in [0.25, 0.3) is 0 Å². The molecular formula is C20H23ClN2O5S. The molecule has 7 nitrogen and oxygen atoms in total. The standard InChI is InChI=1S/C20H23ClN2O5S/c1-5-18(23(29(4,26)27)15-8-6-7-13(2)11-15)19(24)22-14-9-10-17(21)16(12-14)20(25)28-3/h6-12,18H,5H2,1-4H3,(H,22,24). The molecule has 156 valence electrons. The zero-order valence-electron chi connectivity index (χ0n) is 16.6. The second-order valence-corrected chi connectivity index (χ2v) is 8.76. The van der Waals surface area contributed by atoms with Gasteiger partial charge in [0.2, 0.25) is 15.9 Å². The van der Waals surface area contributed by atoms with Gasteiger partial charge in [0.1, 0.15) is 6.04 Å².